The number of rotatable bonds is 9. The Morgan fingerprint density at radius 3 is 2.46 bits per heavy atom. The molecule has 0 aliphatic carbocycles. The third-order valence-electron chi connectivity index (χ3n) is 3.86. The summed E-state index contributed by atoms with van der Waals surface area (Å²) in [4.78, 5) is 6.61. The van der Waals surface area contributed by atoms with Crippen LogP contribution in [0.2, 0.25) is 0 Å². The quantitative estimate of drug-likeness (QED) is 0.421. The Hall–Kier alpha value is -2.27. The van der Waals surface area contributed by atoms with Crippen molar-refractivity contribution in [1.82, 2.24) is 20.1 Å². The molecule has 0 spiro atoms. The molecule has 2 N–H and O–H groups in total. The molecule has 130 valence electrons. The Kier molecular flexibility index (Phi) is 7.90. The average Bonchev–Trinajstić information content (AvgIpc) is 3.11. The molecule has 2 rings (SSSR count). The van der Waals surface area contributed by atoms with Gasteiger partial charge in [-0.3, -0.25) is 4.99 Å². The third-order valence-corrected chi connectivity index (χ3v) is 3.86. The van der Waals surface area contributed by atoms with Crippen LogP contribution in [0, 0.1) is 0 Å². The van der Waals surface area contributed by atoms with Crippen LogP contribution in [0.1, 0.15) is 12.0 Å². The van der Waals surface area contributed by atoms with Gasteiger partial charge in [-0.25, -0.2) is 0 Å². The Morgan fingerprint density at radius 1 is 1.04 bits per heavy atom. The predicted molar refractivity (Wildman–Crippen MR) is 101 cm³/mol. The first kappa shape index (κ1) is 18.1. The second-order valence-electron chi connectivity index (χ2n) is 5.92. The van der Waals surface area contributed by atoms with E-state index in [9.17, 15) is 0 Å². The fourth-order valence-corrected chi connectivity index (χ4v) is 2.57. The largest absolute Gasteiger partial charge is 0.356 e. The maximum absolute atomic E-state index is 4.26. The monoisotopic (exact) mass is 327 g/mol. The van der Waals surface area contributed by atoms with Crippen LogP contribution in [-0.2, 0) is 13.1 Å². The summed E-state index contributed by atoms with van der Waals surface area (Å²) in [6, 6.07) is 14.7. The van der Waals surface area contributed by atoms with Crippen molar-refractivity contribution in [3.63, 3.8) is 0 Å². The number of nitrogens with one attached hydrogen (secondary N) is 2. The van der Waals surface area contributed by atoms with Crippen molar-refractivity contribution < 1.29 is 0 Å². The lowest BCUT2D eigenvalue weighted by molar-refractivity contribution is 0.322. The van der Waals surface area contributed by atoms with Crippen LogP contribution in [0.5, 0.6) is 0 Å². The van der Waals surface area contributed by atoms with Crippen LogP contribution in [0.4, 0.5) is 0 Å². The van der Waals surface area contributed by atoms with E-state index in [2.05, 4.69) is 74.9 Å². The number of guanidine groups is 1. The lowest BCUT2D eigenvalue weighted by Crippen LogP contribution is -2.39. The molecule has 5 heteroatoms. The lowest BCUT2D eigenvalue weighted by Gasteiger charge is -2.17. The molecule has 2 aromatic rings. The van der Waals surface area contributed by atoms with Crippen LogP contribution >= 0.6 is 0 Å². The van der Waals surface area contributed by atoms with E-state index in [0.29, 0.717) is 0 Å². The second-order valence-corrected chi connectivity index (χ2v) is 5.92. The molecule has 0 aliphatic heterocycles. The van der Waals surface area contributed by atoms with Gasteiger partial charge in [-0.05, 0) is 37.7 Å². The SMILES string of the molecule is CN=C(NCCCN(C)Cc1ccccc1)NCCn1cccc1. The molecule has 5 nitrogen and oxygen atoms in total. The summed E-state index contributed by atoms with van der Waals surface area (Å²) in [5.74, 6) is 0.868. The van der Waals surface area contributed by atoms with E-state index in [4.69, 9.17) is 0 Å². The maximum Gasteiger partial charge on any atom is 0.191 e. The van der Waals surface area contributed by atoms with Gasteiger partial charge in [0.2, 0.25) is 0 Å². The van der Waals surface area contributed by atoms with E-state index < -0.39 is 0 Å². The molecule has 0 amide bonds. The summed E-state index contributed by atoms with van der Waals surface area (Å²) in [6.45, 7) is 4.77. The Morgan fingerprint density at radius 2 is 1.75 bits per heavy atom. The highest BCUT2D eigenvalue weighted by atomic mass is 15.2. The van der Waals surface area contributed by atoms with Crippen LogP contribution in [0.25, 0.3) is 0 Å². The molecule has 0 fully saturated rings. The molecule has 0 saturated heterocycles. The zero-order valence-electron chi connectivity index (χ0n) is 14.8. The fraction of sp³-hybridized carbons (Fsp3) is 0.421. The summed E-state index contributed by atoms with van der Waals surface area (Å²) < 4.78 is 2.15. The number of hydrogen-bond donors (Lipinski definition) is 2. The van der Waals surface area contributed by atoms with Gasteiger partial charge < -0.3 is 20.1 Å². The number of benzene rings is 1. The van der Waals surface area contributed by atoms with Crippen LogP contribution in [0.3, 0.4) is 0 Å². The minimum Gasteiger partial charge on any atom is -0.356 e. The average molecular weight is 327 g/mol. The van der Waals surface area contributed by atoms with E-state index in [-0.39, 0.29) is 0 Å². The topological polar surface area (TPSA) is 44.6 Å². The van der Waals surface area contributed by atoms with E-state index >= 15 is 0 Å². The van der Waals surface area contributed by atoms with Crippen LogP contribution < -0.4 is 10.6 Å². The van der Waals surface area contributed by atoms with Gasteiger partial charge in [0.1, 0.15) is 0 Å². The fourth-order valence-electron chi connectivity index (χ4n) is 2.57. The summed E-state index contributed by atoms with van der Waals surface area (Å²) in [5, 5.41) is 6.71. The maximum atomic E-state index is 4.26. The Balaban J connectivity index is 1.56. The van der Waals surface area contributed by atoms with Crippen molar-refractivity contribution in [2.75, 3.05) is 33.7 Å². The summed E-state index contributed by atoms with van der Waals surface area (Å²) in [5.41, 5.74) is 1.36. The molecule has 24 heavy (non-hydrogen) atoms. The Labute approximate surface area is 145 Å². The van der Waals surface area contributed by atoms with Crippen molar-refractivity contribution in [3.8, 4) is 0 Å². The molecule has 0 bridgehead atoms. The lowest BCUT2D eigenvalue weighted by atomic mass is 10.2. The van der Waals surface area contributed by atoms with Gasteiger partial charge in [-0.15, -0.1) is 0 Å². The highest BCUT2D eigenvalue weighted by Gasteiger charge is 2.01. The minimum absolute atomic E-state index is 0.863. The van der Waals surface area contributed by atoms with E-state index in [1.54, 1.807) is 0 Å². The van der Waals surface area contributed by atoms with Gasteiger partial charge in [0.05, 0.1) is 0 Å². The van der Waals surface area contributed by atoms with Crippen molar-refractivity contribution >= 4 is 5.96 Å². The van der Waals surface area contributed by atoms with E-state index in [1.165, 1.54) is 5.56 Å². The van der Waals surface area contributed by atoms with Crippen molar-refractivity contribution in [2.24, 2.45) is 4.99 Å². The molecule has 0 atom stereocenters. The molecule has 1 aromatic carbocycles. The van der Waals surface area contributed by atoms with E-state index in [1.807, 2.05) is 19.2 Å². The van der Waals surface area contributed by atoms with Crippen LogP contribution in [-0.4, -0.2) is 49.2 Å². The molecule has 0 unspecified atom stereocenters. The van der Waals surface area contributed by atoms with E-state index in [0.717, 1.165) is 45.1 Å². The minimum atomic E-state index is 0.863. The molecule has 0 saturated carbocycles. The second kappa shape index (κ2) is 10.5. The van der Waals surface area contributed by atoms with Gasteiger partial charge in [0, 0.05) is 45.6 Å². The molecule has 1 heterocycles. The third kappa shape index (κ3) is 6.87. The normalized spacial score (nSPS) is 11.7. The first-order valence-electron chi connectivity index (χ1n) is 8.55. The van der Waals surface area contributed by atoms with Crippen LogP contribution in [0.15, 0.2) is 59.9 Å². The summed E-state index contributed by atoms with van der Waals surface area (Å²) in [6.07, 6.45) is 5.22. The number of aromatic nitrogens is 1. The highest BCUT2D eigenvalue weighted by molar-refractivity contribution is 5.79. The van der Waals surface area contributed by atoms with Crippen molar-refractivity contribution in [2.45, 2.75) is 19.5 Å². The predicted octanol–water partition coefficient (Wildman–Crippen LogP) is 2.18. The zero-order valence-corrected chi connectivity index (χ0v) is 14.8. The smallest absolute Gasteiger partial charge is 0.191 e. The molecular formula is C19H29N5. The molecule has 0 aliphatic rings. The van der Waals surface area contributed by atoms with Gasteiger partial charge in [-0.1, -0.05) is 30.3 Å². The van der Waals surface area contributed by atoms with Gasteiger partial charge >= 0.3 is 0 Å². The number of nitrogens with zero attached hydrogens (tertiary/aromatic N) is 3. The molecule has 1 aromatic heterocycles. The summed E-state index contributed by atoms with van der Waals surface area (Å²) >= 11 is 0. The highest BCUT2D eigenvalue weighted by Crippen LogP contribution is 2.02. The molecular weight excluding hydrogens is 298 g/mol. The first-order valence-corrected chi connectivity index (χ1v) is 8.55. The Bertz CT molecular complexity index is 577. The summed E-state index contributed by atoms with van der Waals surface area (Å²) in [7, 11) is 3.98. The number of aliphatic imine (C=N–C) groups is 1. The number of hydrogen-bond acceptors (Lipinski definition) is 2. The van der Waals surface area contributed by atoms with Gasteiger partial charge in [0.25, 0.3) is 0 Å². The van der Waals surface area contributed by atoms with Crippen molar-refractivity contribution in [1.29, 1.82) is 0 Å². The zero-order chi connectivity index (χ0) is 17.0. The van der Waals surface area contributed by atoms with Gasteiger partial charge in [0.15, 0.2) is 5.96 Å². The van der Waals surface area contributed by atoms with Crippen molar-refractivity contribution in [3.05, 3.63) is 60.4 Å². The van der Waals surface area contributed by atoms with Gasteiger partial charge in [-0.2, -0.15) is 0 Å². The first-order chi connectivity index (χ1) is 11.8. The molecule has 0 radical (unpaired) electrons. The standard InChI is InChI=1S/C19H29N5/c1-20-19(22-12-16-24-14-6-7-15-24)21-11-8-13-23(2)17-18-9-4-3-5-10-18/h3-7,9-10,14-15H,8,11-13,16-17H2,1-2H3,(H2,20,21,22).